The highest BCUT2D eigenvalue weighted by atomic mass is 19.2. The van der Waals surface area contributed by atoms with Crippen molar-refractivity contribution in [1.29, 1.82) is 0 Å². The number of hydrogen-bond acceptors (Lipinski definition) is 2. The average molecular weight is 275 g/mol. The Morgan fingerprint density at radius 1 is 1.21 bits per heavy atom. The van der Waals surface area contributed by atoms with E-state index in [0.717, 1.165) is 0 Å². The van der Waals surface area contributed by atoms with E-state index in [1.54, 1.807) is 6.92 Å². The van der Waals surface area contributed by atoms with Gasteiger partial charge < -0.3 is 10.4 Å². The third-order valence-electron chi connectivity index (χ3n) is 2.32. The molecule has 1 unspecified atom stereocenters. The molecule has 1 aromatic rings. The lowest BCUT2D eigenvalue weighted by Crippen LogP contribution is -2.17. The Labute approximate surface area is 107 Å². The number of rotatable bonds is 5. The van der Waals surface area contributed by atoms with E-state index in [-0.39, 0.29) is 18.5 Å². The number of nitrogens with one attached hydrogen (secondary N) is 1. The molecule has 1 rings (SSSR count). The number of benzene rings is 1. The van der Waals surface area contributed by atoms with Crippen molar-refractivity contribution in [2.24, 2.45) is 5.92 Å². The van der Waals surface area contributed by atoms with Gasteiger partial charge in [0, 0.05) is 30.7 Å². The van der Waals surface area contributed by atoms with Crippen LogP contribution in [0.1, 0.15) is 19.8 Å². The number of hydrogen-bond donors (Lipinski definition) is 2. The van der Waals surface area contributed by atoms with Gasteiger partial charge in [-0.1, -0.05) is 6.92 Å². The van der Waals surface area contributed by atoms with Gasteiger partial charge in [0.1, 0.15) is 0 Å². The Balaban J connectivity index is 2.65. The fourth-order valence-corrected chi connectivity index (χ4v) is 1.53. The van der Waals surface area contributed by atoms with Crippen LogP contribution >= 0.6 is 0 Å². The summed E-state index contributed by atoms with van der Waals surface area (Å²) in [7, 11) is 0. The predicted molar refractivity (Wildman–Crippen MR) is 61.0 cm³/mol. The summed E-state index contributed by atoms with van der Waals surface area (Å²) in [5.41, 5.74) is -0.219. The third kappa shape index (κ3) is 4.61. The van der Waals surface area contributed by atoms with Gasteiger partial charge in [-0.05, 0) is 5.92 Å². The van der Waals surface area contributed by atoms with Crippen molar-refractivity contribution >= 4 is 17.6 Å². The van der Waals surface area contributed by atoms with E-state index in [2.05, 4.69) is 5.32 Å². The lowest BCUT2D eigenvalue weighted by molar-refractivity contribution is -0.138. The van der Waals surface area contributed by atoms with Gasteiger partial charge in [0.2, 0.25) is 5.91 Å². The molecule has 4 nitrogen and oxygen atoms in total. The monoisotopic (exact) mass is 275 g/mol. The molecule has 2 N–H and O–H groups in total. The highest BCUT2D eigenvalue weighted by molar-refractivity contribution is 5.91. The van der Waals surface area contributed by atoms with E-state index >= 15 is 0 Å². The van der Waals surface area contributed by atoms with Gasteiger partial charge in [0.15, 0.2) is 17.5 Å². The number of amides is 1. The summed E-state index contributed by atoms with van der Waals surface area (Å²) in [5, 5.41) is 10.7. The molecule has 1 aromatic carbocycles. The van der Waals surface area contributed by atoms with Crippen molar-refractivity contribution in [3.05, 3.63) is 29.6 Å². The second kappa shape index (κ2) is 6.21. The van der Waals surface area contributed by atoms with E-state index in [4.69, 9.17) is 5.11 Å². The molecule has 0 saturated carbocycles. The van der Waals surface area contributed by atoms with Crippen LogP contribution in [0.15, 0.2) is 12.1 Å². The van der Waals surface area contributed by atoms with Crippen LogP contribution in [0.3, 0.4) is 0 Å². The fourth-order valence-electron chi connectivity index (χ4n) is 1.53. The second-order valence-electron chi connectivity index (χ2n) is 4.21. The van der Waals surface area contributed by atoms with E-state index in [1.807, 2.05) is 0 Å². The average Bonchev–Trinajstić information content (AvgIpc) is 2.23. The molecule has 1 amide bonds. The summed E-state index contributed by atoms with van der Waals surface area (Å²) < 4.78 is 38.4. The molecule has 0 spiro atoms. The predicted octanol–water partition coefficient (Wildman–Crippen LogP) is 2.54. The number of carboxylic acids is 1. The number of anilines is 1. The lowest BCUT2D eigenvalue weighted by atomic mass is 10.0. The first-order valence-electron chi connectivity index (χ1n) is 5.45. The second-order valence-corrected chi connectivity index (χ2v) is 4.21. The molecule has 1 atom stereocenters. The summed E-state index contributed by atoms with van der Waals surface area (Å²) in [6.45, 7) is 1.56. The number of aliphatic carboxylic acids is 1. The molecule has 0 fully saturated rings. The molecule has 104 valence electrons. The van der Waals surface area contributed by atoms with Crippen molar-refractivity contribution < 1.29 is 27.9 Å². The minimum Gasteiger partial charge on any atom is -0.481 e. The van der Waals surface area contributed by atoms with Crippen molar-refractivity contribution in [1.82, 2.24) is 0 Å². The first-order chi connectivity index (χ1) is 8.79. The SMILES string of the molecule is CC(CC(=O)O)CC(=O)Nc1cc(F)c(F)c(F)c1. The van der Waals surface area contributed by atoms with Gasteiger partial charge in [-0.3, -0.25) is 9.59 Å². The molecule has 0 aromatic heterocycles. The highest BCUT2D eigenvalue weighted by Gasteiger charge is 2.15. The summed E-state index contributed by atoms with van der Waals surface area (Å²) in [4.78, 5) is 21.9. The van der Waals surface area contributed by atoms with Gasteiger partial charge in [-0.2, -0.15) is 0 Å². The van der Waals surface area contributed by atoms with Crippen LogP contribution in [0.2, 0.25) is 0 Å². The van der Waals surface area contributed by atoms with E-state index in [9.17, 15) is 22.8 Å². The molecule has 0 aliphatic rings. The van der Waals surface area contributed by atoms with E-state index < -0.39 is 35.2 Å². The topological polar surface area (TPSA) is 66.4 Å². The summed E-state index contributed by atoms with van der Waals surface area (Å²) >= 11 is 0. The van der Waals surface area contributed by atoms with Crippen LogP contribution in [0, 0.1) is 23.4 Å². The molecular weight excluding hydrogens is 263 g/mol. The van der Waals surface area contributed by atoms with Crippen LogP contribution in [0.25, 0.3) is 0 Å². The highest BCUT2D eigenvalue weighted by Crippen LogP contribution is 2.18. The number of halogens is 3. The van der Waals surface area contributed by atoms with Crippen LogP contribution in [-0.2, 0) is 9.59 Å². The zero-order valence-corrected chi connectivity index (χ0v) is 10.0. The number of carboxylic acid groups (broad SMARTS) is 1. The molecule has 0 aliphatic carbocycles. The Morgan fingerprint density at radius 2 is 1.74 bits per heavy atom. The fraction of sp³-hybridized carbons (Fsp3) is 0.333. The van der Waals surface area contributed by atoms with Crippen molar-refractivity contribution in [3.8, 4) is 0 Å². The smallest absolute Gasteiger partial charge is 0.303 e. The molecule has 19 heavy (non-hydrogen) atoms. The third-order valence-corrected chi connectivity index (χ3v) is 2.32. The molecule has 0 radical (unpaired) electrons. The largest absolute Gasteiger partial charge is 0.481 e. The number of carbonyl (C=O) groups is 2. The first kappa shape index (κ1) is 15.0. The zero-order chi connectivity index (χ0) is 14.6. The minimum absolute atomic E-state index is 0.118. The zero-order valence-electron chi connectivity index (χ0n) is 10.0. The van der Waals surface area contributed by atoms with Gasteiger partial charge in [-0.25, -0.2) is 13.2 Å². The van der Waals surface area contributed by atoms with Crippen molar-refractivity contribution in [2.45, 2.75) is 19.8 Å². The van der Waals surface area contributed by atoms with Crippen LogP contribution in [0.4, 0.5) is 18.9 Å². The Hall–Kier alpha value is -2.05. The molecule has 0 saturated heterocycles. The Bertz CT molecular complexity index is 482. The van der Waals surface area contributed by atoms with Gasteiger partial charge in [0.05, 0.1) is 0 Å². The van der Waals surface area contributed by atoms with Crippen molar-refractivity contribution in [3.63, 3.8) is 0 Å². The number of carbonyl (C=O) groups excluding carboxylic acids is 1. The van der Waals surface area contributed by atoms with Crippen LogP contribution in [-0.4, -0.2) is 17.0 Å². The maximum atomic E-state index is 12.9. The molecule has 7 heteroatoms. The Kier molecular flexibility index (Phi) is 4.91. The standard InChI is InChI=1S/C12H12F3NO3/c1-6(3-11(18)19)2-10(17)16-7-4-8(13)12(15)9(14)5-7/h4-6H,2-3H2,1H3,(H,16,17)(H,18,19). The van der Waals surface area contributed by atoms with Gasteiger partial charge >= 0.3 is 5.97 Å². The molecular formula is C12H12F3NO3. The quantitative estimate of drug-likeness (QED) is 0.811. The minimum atomic E-state index is -1.61. The summed E-state index contributed by atoms with van der Waals surface area (Å²) in [5.74, 6) is -6.49. The van der Waals surface area contributed by atoms with Crippen LogP contribution < -0.4 is 5.32 Å². The first-order valence-corrected chi connectivity index (χ1v) is 5.45. The maximum Gasteiger partial charge on any atom is 0.303 e. The lowest BCUT2D eigenvalue weighted by Gasteiger charge is -2.09. The maximum absolute atomic E-state index is 12.9. The molecule has 0 bridgehead atoms. The normalized spacial score (nSPS) is 12.0. The summed E-state index contributed by atoms with van der Waals surface area (Å²) in [6, 6.07) is 1.30. The van der Waals surface area contributed by atoms with Gasteiger partial charge in [0.25, 0.3) is 0 Å². The Morgan fingerprint density at radius 3 is 2.21 bits per heavy atom. The van der Waals surface area contributed by atoms with Crippen molar-refractivity contribution in [2.75, 3.05) is 5.32 Å². The van der Waals surface area contributed by atoms with E-state index in [0.29, 0.717) is 12.1 Å². The van der Waals surface area contributed by atoms with E-state index in [1.165, 1.54) is 0 Å². The summed E-state index contributed by atoms with van der Waals surface area (Å²) in [6.07, 6.45) is -0.313. The van der Waals surface area contributed by atoms with Gasteiger partial charge in [-0.15, -0.1) is 0 Å². The molecule has 0 heterocycles. The molecule has 0 aliphatic heterocycles. The van der Waals surface area contributed by atoms with Crippen LogP contribution in [0.5, 0.6) is 0 Å².